The summed E-state index contributed by atoms with van der Waals surface area (Å²) in [4.78, 5) is 2.50. The molecule has 2 rings (SSSR count). The minimum Gasteiger partial charge on any atom is -0.329 e. The first kappa shape index (κ1) is 15.5. The molecule has 1 saturated heterocycles. The van der Waals surface area contributed by atoms with Gasteiger partial charge in [0.25, 0.3) is 0 Å². The Labute approximate surface area is 122 Å². The van der Waals surface area contributed by atoms with Crippen molar-refractivity contribution in [2.75, 3.05) is 19.6 Å². The number of nitrogens with two attached hydrogens (primary N) is 1. The molecule has 3 heteroatoms. The highest BCUT2D eigenvalue weighted by atomic mass is 19.1. The van der Waals surface area contributed by atoms with Crippen molar-refractivity contribution < 1.29 is 4.39 Å². The van der Waals surface area contributed by atoms with Crippen molar-refractivity contribution in [2.45, 2.75) is 39.2 Å². The predicted octanol–water partition coefficient (Wildman–Crippen LogP) is 3.06. The average Bonchev–Trinajstić information content (AvgIpc) is 2.41. The van der Waals surface area contributed by atoms with Gasteiger partial charge < -0.3 is 5.73 Å². The van der Waals surface area contributed by atoms with Crippen molar-refractivity contribution in [3.63, 3.8) is 0 Å². The first-order valence-corrected chi connectivity index (χ1v) is 7.64. The van der Waals surface area contributed by atoms with Crippen molar-refractivity contribution in [3.05, 3.63) is 35.6 Å². The zero-order valence-electron chi connectivity index (χ0n) is 12.9. The Kier molecular flexibility index (Phi) is 4.82. The van der Waals surface area contributed by atoms with Gasteiger partial charge >= 0.3 is 0 Å². The molecule has 1 fully saturated rings. The van der Waals surface area contributed by atoms with E-state index in [9.17, 15) is 4.39 Å². The fraction of sp³-hybridized carbons (Fsp3) is 0.647. The van der Waals surface area contributed by atoms with Crippen LogP contribution in [-0.2, 0) is 6.42 Å². The molecule has 1 heterocycles. The third kappa shape index (κ3) is 3.39. The van der Waals surface area contributed by atoms with E-state index < -0.39 is 0 Å². The lowest BCUT2D eigenvalue weighted by molar-refractivity contribution is 0.0416. The molecule has 0 aromatic heterocycles. The SMILES string of the molecule is CC1CCN(C(C)(CN)Cc2cccc(F)c2)CC1C. The molecule has 2 N–H and O–H groups in total. The first-order chi connectivity index (χ1) is 9.44. The van der Waals surface area contributed by atoms with Crippen LogP contribution >= 0.6 is 0 Å². The molecule has 0 radical (unpaired) electrons. The molecule has 3 unspecified atom stereocenters. The van der Waals surface area contributed by atoms with E-state index in [2.05, 4.69) is 25.7 Å². The number of rotatable bonds is 4. The monoisotopic (exact) mass is 278 g/mol. The van der Waals surface area contributed by atoms with Crippen LogP contribution in [0, 0.1) is 17.7 Å². The summed E-state index contributed by atoms with van der Waals surface area (Å²) < 4.78 is 13.4. The van der Waals surface area contributed by atoms with Crippen molar-refractivity contribution in [2.24, 2.45) is 17.6 Å². The van der Waals surface area contributed by atoms with Crippen molar-refractivity contribution in [1.29, 1.82) is 0 Å². The standard InChI is InChI=1S/C17H27FN2/c1-13-7-8-20(11-14(13)2)17(3,12-19)10-15-5-4-6-16(18)9-15/h4-6,9,13-14H,7-8,10-12,19H2,1-3H3. The molecule has 2 nitrogen and oxygen atoms in total. The van der Waals surface area contributed by atoms with Crippen LogP contribution in [0.1, 0.15) is 32.8 Å². The molecule has 0 aliphatic carbocycles. The topological polar surface area (TPSA) is 29.3 Å². The number of nitrogens with zero attached hydrogens (tertiary/aromatic N) is 1. The molecular formula is C17H27FN2. The second kappa shape index (κ2) is 6.23. The number of halogens is 1. The van der Waals surface area contributed by atoms with Gasteiger partial charge in [0.2, 0.25) is 0 Å². The number of likely N-dealkylation sites (tertiary alicyclic amines) is 1. The summed E-state index contributed by atoms with van der Waals surface area (Å²) in [6.07, 6.45) is 2.03. The summed E-state index contributed by atoms with van der Waals surface area (Å²) in [6.45, 7) is 9.63. The van der Waals surface area contributed by atoms with Gasteiger partial charge in [-0.2, -0.15) is 0 Å². The number of piperidine rings is 1. The molecule has 0 amide bonds. The zero-order chi connectivity index (χ0) is 14.8. The second-order valence-corrected chi connectivity index (χ2v) is 6.70. The zero-order valence-corrected chi connectivity index (χ0v) is 12.9. The molecule has 20 heavy (non-hydrogen) atoms. The van der Waals surface area contributed by atoms with Gasteiger partial charge in [-0.1, -0.05) is 26.0 Å². The molecule has 3 atom stereocenters. The highest BCUT2D eigenvalue weighted by Crippen LogP contribution is 2.29. The van der Waals surface area contributed by atoms with Gasteiger partial charge in [0.05, 0.1) is 0 Å². The van der Waals surface area contributed by atoms with Crippen LogP contribution in [0.15, 0.2) is 24.3 Å². The Bertz CT molecular complexity index is 448. The third-order valence-electron chi connectivity index (χ3n) is 5.01. The molecule has 1 aromatic rings. The summed E-state index contributed by atoms with van der Waals surface area (Å²) in [5, 5.41) is 0. The van der Waals surface area contributed by atoms with Crippen LogP contribution in [0.3, 0.4) is 0 Å². The maximum Gasteiger partial charge on any atom is 0.123 e. The van der Waals surface area contributed by atoms with E-state index in [-0.39, 0.29) is 11.4 Å². The van der Waals surface area contributed by atoms with E-state index in [0.29, 0.717) is 12.5 Å². The molecule has 0 spiro atoms. The predicted molar refractivity (Wildman–Crippen MR) is 82.1 cm³/mol. The molecule has 0 saturated carbocycles. The number of hydrogen-bond donors (Lipinski definition) is 1. The summed E-state index contributed by atoms with van der Waals surface area (Å²) in [6, 6.07) is 6.90. The second-order valence-electron chi connectivity index (χ2n) is 6.70. The van der Waals surface area contributed by atoms with E-state index in [1.807, 2.05) is 6.07 Å². The molecule has 1 aromatic carbocycles. The smallest absolute Gasteiger partial charge is 0.123 e. The van der Waals surface area contributed by atoms with E-state index >= 15 is 0 Å². The fourth-order valence-electron chi connectivity index (χ4n) is 3.15. The third-order valence-corrected chi connectivity index (χ3v) is 5.01. The van der Waals surface area contributed by atoms with Crippen molar-refractivity contribution in [3.8, 4) is 0 Å². The highest BCUT2D eigenvalue weighted by molar-refractivity contribution is 5.19. The lowest BCUT2D eigenvalue weighted by Gasteiger charge is -2.46. The first-order valence-electron chi connectivity index (χ1n) is 7.64. The Morgan fingerprint density at radius 2 is 2.10 bits per heavy atom. The van der Waals surface area contributed by atoms with Gasteiger partial charge in [-0.3, -0.25) is 4.90 Å². The van der Waals surface area contributed by atoms with Crippen molar-refractivity contribution >= 4 is 0 Å². The van der Waals surface area contributed by atoms with Gasteiger partial charge in [-0.15, -0.1) is 0 Å². The van der Waals surface area contributed by atoms with Crippen LogP contribution < -0.4 is 5.73 Å². The number of hydrogen-bond acceptors (Lipinski definition) is 2. The fourth-order valence-corrected chi connectivity index (χ4v) is 3.15. The summed E-state index contributed by atoms with van der Waals surface area (Å²) >= 11 is 0. The van der Waals surface area contributed by atoms with Gasteiger partial charge in [-0.05, 0) is 55.8 Å². The minimum absolute atomic E-state index is 0.0812. The Hall–Kier alpha value is -0.930. The maximum absolute atomic E-state index is 13.4. The molecule has 0 bridgehead atoms. The van der Waals surface area contributed by atoms with E-state index in [0.717, 1.165) is 31.0 Å². The van der Waals surface area contributed by atoms with E-state index in [1.165, 1.54) is 12.5 Å². The summed E-state index contributed by atoms with van der Waals surface area (Å²) in [7, 11) is 0. The Balaban J connectivity index is 2.12. The van der Waals surface area contributed by atoms with Gasteiger partial charge in [-0.25, -0.2) is 4.39 Å². The number of benzene rings is 1. The summed E-state index contributed by atoms with van der Waals surface area (Å²) in [5.41, 5.74) is 7.02. The largest absolute Gasteiger partial charge is 0.329 e. The molecular weight excluding hydrogens is 251 g/mol. The lowest BCUT2D eigenvalue weighted by Crippen LogP contribution is -2.57. The molecule has 1 aliphatic heterocycles. The maximum atomic E-state index is 13.4. The highest BCUT2D eigenvalue weighted by Gasteiger charge is 2.35. The van der Waals surface area contributed by atoms with Crippen LogP contribution in [0.5, 0.6) is 0 Å². The van der Waals surface area contributed by atoms with E-state index in [4.69, 9.17) is 5.73 Å². The van der Waals surface area contributed by atoms with Crippen LogP contribution in [0.25, 0.3) is 0 Å². The Morgan fingerprint density at radius 1 is 1.35 bits per heavy atom. The molecule has 1 aliphatic rings. The van der Waals surface area contributed by atoms with Crippen LogP contribution in [-0.4, -0.2) is 30.1 Å². The van der Waals surface area contributed by atoms with Crippen LogP contribution in [0.2, 0.25) is 0 Å². The Morgan fingerprint density at radius 3 is 2.70 bits per heavy atom. The molecule has 112 valence electrons. The van der Waals surface area contributed by atoms with Gasteiger partial charge in [0.15, 0.2) is 0 Å². The van der Waals surface area contributed by atoms with E-state index in [1.54, 1.807) is 12.1 Å². The van der Waals surface area contributed by atoms with Gasteiger partial charge in [0.1, 0.15) is 5.82 Å². The lowest BCUT2D eigenvalue weighted by atomic mass is 9.83. The quantitative estimate of drug-likeness (QED) is 0.917. The normalized spacial score (nSPS) is 27.2. The van der Waals surface area contributed by atoms with Crippen LogP contribution in [0.4, 0.5) is 4.39 Å². The van der Waals surface area contributed by atoms with Crippen molar-refractivity contribution in [1.82, 2.24) is 4.90 Å². The minimum atomic E-state index is -0.164. The summed E-state index contributed by atoms with van der Waals surface area (Å²) in [5.74, 6) is 1.31. The van der Waals surface area contributed by atoms with Gasteiger partial charge in [0, 0.05) is 18.6 Å². The average molecular weight is 278 g/mol.